The molecule has 0 saturated carbocycles. The van der Waals surface area contributed by atoms with Crippen molar-refractivity contribution < 1.29 is 42.9 Å². The molecule has 0 saturated heterocycles. The molecule has 2 atom stereocenters. The van der Waals surface area contributed by atoms with Crippen molar-refractivity contribution in [2.24, 2.45) is 0 Å². The Balaban J connectivity index is 3.85. The van der Waals surface area contributed by atoms with Crippen LogP contribution in [-0.4, -0.2) is 87.4 Å². The van der Waals surface area contributed by atoms with Crippen molar-refractivity contribution in [2.45, 2.75) is 521 Å². The van der Waals surface area contributed by atoms with Crippen LogP contribution in [0.25, 0.3) is 0 Å². The van der Waals surface area contributed by atoms with E-state index >= 15 is 0 Å². The zero-order valence-corrected chi connectivity index (χ0v) is 71.0. The summed E-state index contributed by atoms with van der Waals surface area (Å²) >= 11 is 0. The highest BCUT2D eigenvalue weighted by Crippen LogP contribution is 2.22. The molecule has 0 radical (unpaired) electrons. The lowest BCUT2D eigenvalue weighted by Gasteiger charge is -2.25. The summed E-state index contributed by atoms with van der Waals surface area (Å²) in [5, 5.41) is 9.80. The molecule has 104 heavy (non-hydrogen) atoms. The van der Waals surface area contributed by atoms with E-state index in [-0.39, 0.29) is 38.2 Å². The molecule has 0 fully saturated rings. The molecule has 0 aliphatic carbocycles. The monoisotopic (exact) mass is 1470 g/mol. The van der Waals surface area contributed by atoms with Crippen LogP contribution in [-0.2, 0) is 33.3 Å². The number of unbranched alkanes of at least 4 members (excludes halogenated alkanes) is 71. The van der Waals surface area contributed by atoms with E-state index in [2.05, 4.69) is 38.2 Å². The molecule has 0 spiro atoms. The fourth-order valence-electron chi connectivity index (χ4n) is 14.8. The Kier molecular flexibility index (Phi) is 84.5. The number of likely N-dealkylation sites (N-methyl/N-ethyl adjacent to an activating group) is 1. The van der Waals surface area contributed by atoms with Gasteiger partial charge in [-0.3, -0.25) is 9.59 Å². The smallest absolute Gasteiger partial charge is 0.361 e. The van der Waals surface area contributed by atoms with Crippen molar-refractivity contribution in [2.75, 3.05) is 47.5 Å². The van der Waals surface area contributed by atoms with Gasteiger partial charge in [-0.15, -0.1) is 0 Å². The number of allylic oxidation sites excluding steroid dienone is 4. The molecule has 0 rings (SSSR count). The van der Waals surface area contributed by atoms with E-state index in [1.54, 1.807) is 0 Å². The Hall–Kier alpha value is -2.23. The highest BCUT2D eigenvalue weighted by atomic mass is 16.7. The van der Waals surface area contributed by atoms with Gasteiger partial charge in [0.1, 0.15) is 13.2 Å². The molecular weight excluding hydrogens is 1280 g/mol. The van der Waals surface area contributed by atoms with Crippen molar-refractivity contribution in [1.82, 2.24) is 0 Å². The van der Waals surface area contributed by atoms with E-state index in [1.165, 1.54) is 437 Å². The Bertz CT molecular complexity index is 1760. The van der Waals surface area contributed by atoms with Gasteiger partial charge in [0.15, 0.2) is 6.10 Å². The largest absolute Gasteiger partial charge is 0.477 e. The lowest BCUT2D eigenvalue weighted by atomic mass is 10.0. The molecule has 616 valence electrons. The minimum absolute atomic E-state index is 0.173. The van der Waals surface area contributed by atoms with Gasteiger partial charge in [-0.1, -0.05) is 475 Å². The van der Waals surface area contributed by atoms with Gasteiger partial charge in [-0.2, -0.15) is 0 Å². The number of carbonyl (C=O) groups excluding carboxylic acids is 2. The first-order valence-corrected chi connectivity index (χ1v) is 47.0. The zero-order valence-electron chi connectivity index (χ0n) is 71.0. The third-order valence-corrected chi connectivity index (χ3v) is 22.0. The average Bonchev–Trinajstić information content (AvgIpc) is 0.971. The predicted molar refractivity (Wildman–Crippen MR) is 452 cm³/mol. The van der Waals surface area contributed by atoms with E-state index in [1.807, 2.05) is 21.1 Å². The van der Waals surface area contributed by atoms with Crippen LogP contribution in [0.2, 0.25) is 0 Å². The minimum atomic E-state index is -1.51. The summed E-state index contributed by atoms with van der Waals surface area (Å²) in [4.78, 5) is 37.8. The molecule has 0 aliphatic heterocycles. The Morgan fingerprint density at radius 3 is 0.760 bits per heavy atom. The molecule has 0 aliphatic rings. The van der Waals surface area contributed by atoms with Crippen LogP contribution in [0.1, 0.15) is 508 Å². The average molecular weight is 1470 g/mol. The summed E-state index contributed by atoms with van der Waals surface area (Å²) in [6.45, 7) is 4.97. The first-order valence-electron chi connectivity index (χ1n) is 47.0. The predicted octanol–water partition coefficient (Wildman–Crippen LogP) is 30.8. The summed E-state index contributed by atoms with van der Waals surface area (Å²) in [6.07, 6.45) is 110. The summed E-state index contributed by atoms with van der Waals surface area (Å²) in [7, 11) is 6.01. The maximum atomic E-state index is 13.0. The molecule has 0 aromatic carbocycles. The molecule has 0 amide bonds. The number of carbonyl (C=O) groups is 3. The Morgan fingerprint density at radius 1 is 0.288 bits per heavy atom. The highest BCUT2D eigenvalue weighted by molar-refractivity contribution is 5.71. The number of aliphatic carboxylic acids is 1. The van der Waals surface area contributed by atoms with Gasteiger partial charge < -0.3 is 28.5 Å². The number of ether oxygens (including phenoxy) is 4. The van der Waals surface area contributed by atoms with Crippen molar-refractivity contribution >= 4 is 17.9 Å². The van der Waals surface area contributed by atoms with Gasteiger partial charge in [0, 0.05) is 12.8 Å². The van der Waals surface area contributed by atoms with Crippen molar-refractivity contribution in [3.05, 3.63) is 24.3 Å². The number of quaternary nitrogens is 1. The lowest BCUT2D eigenvalue weighted by molar-refractivity contribution is -0.870. The second kappa shape index (κ2) is 86.4. The van der Waals surface area contributed by atoms with Gasteiger partial charge in [0.05, 0.1) is 34.4 Å². The third kappa shape index (κ3) is 87.0. The lowest BCUT2D eigenvalue weighted by Crippen LogP contribution is -2.40. The second-order valence-corrected chi connectivity index (χ2v) is 33.7. The van der Waals surface area contributed by atoms with Crippen LogP contribution in [0, 0.1) is 0 Å². The van der Waals surface area contributed by atoms with Crippen LogP contribution in [0.15, 0.2) is 24.3 Å². The fourth-order valence-corrected chi connectivity index (χ4v) is 14.8. The molecule has 9 heteroatoms. The number of esters is 2. The minimum Gasteiger partial charge on any atom is -0.477 e. The number of carboxylic acids is 1. The molecule has 1 N–H and O–H groups in total. The summed E-state index contributed by atoms with van der Waals surface area (Å²) in [6, 6.07) is 0. The summed E-state index contributed by atoms with van der Waals surface area (Å²) < 4.78 is 23.1. The second-order valence-electron chi connectivity index (χ2n) is 33.7. The number of carboxylic acid groups (broad SMARTS) is 1. The molecule has 0 aromatic heterocycles. The molecular formula is C95H184NO8+. The van der Waals surface area contributed by atoms with Gasteiger partial charge in [-0.05, 0) is 44.9 Å². The van der Waals surface area contributed by atoms with E-state index in [4.69, 9.17) is 18.9 Å². The van der Waals surface area contributed by atoms with Crippen molar-refractivity contribution in [1.29, 1.82) is 0 Å². The fraction of sp³-hybridized carbons (Fsp3) is 0.926. The number of hydrogen-bond acceptors (Lipinski definition) is 7. The highest BCUT2D eigenvalue weighted by Gasteiger charge is 2.25. The number of rotatable bonds is 90. The molecule has 9 nitrogen and oxygen atoms in total. The maximum Gasteiger partial charge on any atom is 0.361 e. The van der Waals surface area contributed by atoms with Crippen LogP contribution in [0.4, 0.5) is 0 Å². The summed E-state index contributed by atoms with van der Waals surface area (Å²) in [5.74, 6) is -1.96. The quantitative estimate of drug-likeness (QED) is 0.0211. The van der Waals surface area contributed by atoms with Gasteiger partial charge in [-0.25, -0.2) is 4.79 Å². The van der Waals surface area contributed by atoms with Gasteiger partial charge in [0.2, 0.25) is 0 Å². The van der Waals surface area contributed by atoms with E-state index in [0.29, 0.717) is 17.4 Å². The Labute approximate surface area is 649 Å². The topological polar surface area (TPSA) is 108 Å². The Morgan fingerprint density at radius 2 is 0.519 bits per heavy atom. The normalized spacial score (nSPS) is 12.6. The number of hydrogen-bond donors (Lipinski definition) is 1. The van der Waals surface area contributed by atoms with Crippen molar-refractivity contribution in [3.63, 3.8) is 0 Å². The van der Waals surface area contributed by atoms with Crippen molar-refractivity contribution in [3.8, 4) is 0 Å². The van der Waals surface area contributed by atoms with Gasteiger partial charge in [0.25, 0.3) is 6.29 Å². The standard InChI is InChI=1S/C95H183NO8/c1-6-8-10-12-14-16-18-20-22-24-26-28-30-32-34-36-38-40-42-44-46-47-48-50-52-54-56-58-60-62-64-66-68-70-72-74-76-78-80-82-84-86-93(98)104-91(90-103-95(94(99)100)101-88-87-96(3,4)5)89-102-92(97)85-83-81-79-77-75-73-71-69-67-65-63-61-59-57-55-53-51-49-45-43-41-39-37-35-33-31-29-27-25-23-21-19-17-15-13-11-9-7-2/h18,20,24,26,91,95H,6-17,19,21-23,25,27-90H2,1-5H3/p+1/b20-18-,26-24-. The molecule has 0 bridgehead atoms. The first kappa shape index (κ1) is 102. The first-order chi connectivity index (χ1) is 51.1. The van der Waals surface area contributed by atoms with E-state index in [0.717, 1.165) is 44.9 Å². The third-order valence-electron chi connectivity index (χ3n) is 22.0. The molecule has 0 heterocycles. The van der Waals surface area contributed by atoms with Crippen LogP contribution >= 0.6 is 0 Å². The molecule has 2 unspecified atom stereocenters. The van der Waals surface area contributed by atoms with Crippen LogP contribution < -0.4 is 0 Å². The van der Waals surface area contributed by atoms with Crippen LogP contribution in [0.5, 0.6) is 0 Å². The number of nitrogens with zero attached hydrogens (tertiary/aromatic N) is 1. The zero-order chi connectivity index (χ0) is 75.3. The molecule has 0 aromatic rings. The van der Waals surface area contributed by atoms with E-state index < -0.39 is 18.4 Å². The van der Waals surface area contributed by atoms with Gasteiger partial charge >= 0.3 is 17.9 Å². The van der Waals surface area contributed by atoms with Crippen LogP contribution in [0.3, 0.4) is 0 Å². The van der Waals surface area contributed by atoms with E-state index in [9.17, 15) is 19.5 Å². The summed E-state index contributed by atoms with van der Waals surface area (Å²) in [5.41, 5.74) is 0. The SMILES string of the molecule is CCCCCCC/C=C\C/C=C\CCCCCCCCCCCCCCCCCCCCCCCCCCCCCCCC(=O)OC(COC(=O)CCCCCCCCCCCCCCCCCCCCCCCCCCCCCCCCCCCCCCCC)COC(OCC[N+](C)(C)C)C(=O)O. The maximum absolute atomic E-state index is 13.0.